The van der Waals surface area contributed by atoms with Crippen LogP contribution in [0.15, 0.2) is 24.5 Å². The molecule has 0 N–H and O–H groups in total. The van der Waals surface area contributed by atoms with E-state index in [9.17, 15) is 17.6 Å². The number of pyridine rings is 1. The molecule has 0 bridgehead atoms. The molecule has 8 heteroatoms. The fraction of sp³-hybridized carbons (Fsp3) is 0.278. The lowest BCUT2D eigenvalue weighted by Gasteiger charge is -2.22. The number of aryl methyl sites for hydroxylation is 3. The molecule has 2 aromatic heterocycles. The predicted octanol–water partition coefficient (Wildman–Crippen LogP) is 4.13. The maximum absolute atomic E-state index is 14.9. The van der Waals surface area contributed by atoms with Crippen LogP contribution in [-0.2, 0) is 18.8 Å². The van der Waals surface area contributed by atoms with Gasteiger partial charge in [-0.25, -0.2) is 17.6 Å². The third kappa shape index (κ3) is 2.48. The van der Waals surface area contributed by atoms with Gasteiger partial charge in [0, 0.05) is 25.1 Å². The Bertz CT molecular complexity index is 1020. The molecule has 0 fully saturated rings. The van der Waals surface area contributed by atoms with Crippen LogP contribution >= 0.6 is 0 Å². The van der Waals surface area contributed by atoms with Gasteiger partial charge in [-0.1, -0.05) is 0 Å². The maximum Gasteiger partial charge on any atom is 0.274 e. The number of hydrogen-bond donors (Lipinski definition) is 0. The molecular weight excluding hydrogens is 348 g/mol. The minimum atomic E-state index is -3.42. The predicted molar refractivity (Wildman–Crippen MR) is 86.2 cm³/mol. The second-order valence-electron chi connectivity index (χ2n) is 6.40. The Morgan fingerprint density at radius 3 is 2.54 bits per heavy atom. The van der Waals surface area contributed by atoms with Crippen LogP contribution in [0.2, 0.25) is 0 Å². The van der Waals surface area contributed by atoms with E-state index in [1.165, 1.54) is 0 Å². The molecule has 0 saturated heterocycles. The van der Waals surface area contributed by atoms with Gasteiger partial charge >= 0.3 is 0 Å². The second kappa shape index (κ2) is 5.62. The number of halogens is 4. The van der Waals surface area contributed by atoms with Crippen LogP contribution in [0.3, 0.4) is 0 Å². The zero-order valence-corrected chi connectivity index (χ0v) is 14.0. The number of nitrogens with zero attached hydrogens (tertiary/aromatic N) is 4. The molecule has 4 nitrogen and oxygen atoms in total. The molecule has 1 aliphatic rings. The zero-order chi connectivity index (χ0) is 18.6. The van der Waals surface area contributed by atoms with Crippen LogP contribution in [-0.4, -0.2) is 19.7 Å². The lowest BCUT2D eigenvalue weighted by atomic mass is 9.93. The molecule has 0 radical (unpaired) electrons. The van der Waals surface area contributed by atoms with Crippen molar-refractivity contribution in [3.05, 3.63) is 58.9 Å². The van der Waals surface area contributed by atoms with Crippen molar-refractivity contribution in [1.82, 2.24) is 19.7 Å². The van der Waals surface area contributed by atoms with E-state index in [0.717, 1.165) is 18.5 Å². The maximum atomic E-state index is 14.9. The first-order valence-electron chi connectivity index (χ1n) is 8.03. The van der Waals surface area contributed by atoms with Gasteiger partial charge in [0.25, 0.3) is 5.92 Å². The number of rotatable bonds is 2. The van der Waals surface area contributed by atoms with Gasteiger partial charge in [0.05, 0.1) is 17.4 Å². The largest absolute Gasteiger partial charge is 0.280 e. The minimum Gasteiger partial charge on any atom is -0.280 e. The van der Waals surface area contributed by atoms with E-state index in [1.807, 2.05) is 0 Å². The summed E-state index contributed by atoms with van der Waals surface area (Å²) in [6.45, 7) is 2.32. The lowest BCUT2D eigenvalue weighted by molar-refractivity contribution is 0.0143. The number of fused-ring (bicyclic) bond motifs is 3. The first-order chi connectivity index (χ1) is 12.3. The fourth-order valence-corrected chi connectivity index (χ4v) is 3.46. The van der Waals surface area contributed by atoms with E-state index in [2.05, 4.69) is 15.2 Å². The molecule has 134 valence electrons. The van der Waals surface area contributed by atoms with E-state index in [1.54, 1.807) is 17.6 Å². The van der Waals surface area contributed by atoms with Crippen molar-refractivity contribution in [2.75, 3.05) is 0 Å². The SMILES string of the molecule is Cc1nnc2n1-c1c(F)cc(-c3cncc(F)c3C(C)(F)F)cc1CC2. The molecular formula is C18H14F4N4. The normalized spacial score (nSPS) is 13.5. The summed E-state index contributed by atoms with van der Waals surface area (Å²) in [5.74, 6) is -3.95. The summed E-state index contributed by atoms with van der Waals surface area (Å²) in [6, 6.07) is 2.73. The number of benzene rings is 1. The van der Waals surface area contributed by atoms with Crippen molar-refractivity contribution in [3.63, 3.8) is 0 Å². The van der Waals surface area contributed by atoms with Crippen molar-refractivity contribution in [3.8, 4) is 16.8 Å². The first-order valence-corrected chi connectivity index (χ1v) is 8.03. The number of alkyl halides is 2. The third-order valence-electron chi connectivity index (χ3n) is 4.53. The lowest BCUT2D eigenvalue weighted by Crippen LogP contribution is -2.16. The highest BCUT2D eigenvalue weighted by molar-refractivity contribution is 5.70. The van der Waals surface area contributed by atoms with E-state index in [0.29, 0.717) is 42.7 Å². The Labute approximate surface area is 146 Å². The summed E-state index contributed by atoms with van der Waals surface area (Å²) in [6.07, 6.45) is 2.90. The Hall–Kier alpha value is -2.77. The average Bonchev–Trinajstić information content (AvgIpc) is 2.94. The molecule has 3 aromatic rings. The van der Waals surface area contributed by atoms with Crippen LogP contribution in [0.1, 0.15) is 29.7 Å². The highest BCUT2D eigenvalue weighted by Crippen LogP contribution is 2.39. The summed E-state index contributed by atoms with van der Waals surface area (Å²) in [5, 5.41) is 7.99. The summed E-state index contributed by atoms with van der Waals surface area (Å²) >= 11 is 0. The topological polar surface area (TPSA) is 43.6 Å². The molecule has 0 amide bonds. The van der Waals surface area contributed by atoms with Gasteiger partial charge in [0.15, 0.2) is 5.82 Å². The third-order valence-corrected chi connectivity index (χ3v) is 4.53. The molecule has 26 heavy (non-hydrogen) atoms. The molecule has 0 saturated carbocycles. The fourth-order valence-electron chi connectivity index (χ4n) is 3.46. The van der Waals surface area contributed by atoms with Crippen molar-refractivity contribution < 1.29 is 17.6 Å². The van der Waals surface area contributed by atoms with Crippen molar-refractivity contribution in [1.29, 1.82) is 0 Å². The Morgan fingerprint density at radius 2 is 1.81 bits per heavy atom. The number of aromatic nitrogens is 4. The Balaban J connectivity index is 1.95. The molecule has 1 aromatic carbocycles. The van der Waals surface area contributed by atoms with Gasteiger partial charge in [-0.3, -0.25) is 9.55 Å². The van der Waals surface area contributed by atoms with Crippen LogP contribution in [0, 0.1) is 18.6 Å². The van der Waals surface area contributed by atoms with Crippen LogP contribution in [0.25, 0.3) is 16.8 Å². The molecule has 3 heterocycles. The van der Waals surface area contributed by atoms with E-state index in [-0.39, 0.29) is 11.1 Å². The molecule has 0 unspecified atom stereocenters. The van der Waals surface area contributed by atoms with Gasteiger partial charge in [-0.2, -0.15) is 0 Å². The van der Waals surface area contributed by atoms with Gasteiger partial charge in [0.2, 0.25) is 0 Å². The van der Waals surface area contributed by atoms with Crippen LogP contribution in [0.4, 0.5) is 17.6 Å². The molecule has 0 spiro atoms. The second-order valence-corrected chi connectivity index (χ2v) is 6.40. The summed E-state index contributed by atoms with van der Waals surface area (Å²) in [4.78, 5) is 3.66. The van der Waals surface area contributed by atoms with Crippen molar-refractivity contribution in [2.45, 2.75) is 32.6 Å². The summed E-state index contributed by atoms with van der Waals surface area (Å²) in [7, 11) is 0. The molecule has 0 aliphatic carbocycles. The van der Waals surface area contributed by atoms with Crippen molar-refractivity contribution >= 4 is 0 Å². The highest BCUT2D eigenvalue weighted by atomic mass is 19.3. The Morgan fingerprint density at radius 1 is 1.04 bits per heavy atom. The van der Waals surface area contributed by atoms with E-state index >= 15 is 0 Å². The molecule has 1 aliphatic heterocycles. The van der Waals surface area contributed by atoms with Gasteiger partial charge in [-0.05, 0) is 36.6 Å². The van der Waals surface area contributed by atoms with E-state index < -0.39 is 23.1 Å². The smallest absolute Gasteiger partial charge is 0.274 e. The summed E-state index contributed by atoms with van der Waals surface area (Å²) < 4.78 is 58.4. The number of hydrogen-bond acceptors (Lipinski definition) is 3. The molecule has 4 rings (SSSR count). The van der Waals surface area contributed by atoms with Crippen LogP contribution < -0.4 is 0 Å². The van der Waals surface area contributed by atoms with Gasteiger partial charge < -0.3 is 0 Å². The first kappa shape index (κ1) is 16.7. The minimum absolute atomic E-state index is 0.120. The zero-order valence-electron chi connectivity index (χ0n) is 14.0. The van der Waals surface area contributed by atoms with Gasteiger partial charge in [0.1, 0.15) is 17.5 Å². The van der Waals surface area contributed by atoms with Gasteiger partial charge in [-0.15, -0.1) is 10.2 Å². The van der Waals surface area contributed by atoms with Crippen molar-refractivity contribution in [2.24, 2.45) is 0 Å². The van der Waals surface area contributed by atoms with E-state index in [4.69, 9.17) is 0 Å². The standard InChI is InChI=1S/C18H14F4N4/c1-9-24-25-15-4-3-10-5-11(6-13(19)17(10)26(9)15)12-7-23-8-14(20)16(12)18(2,21)22/h5-8H,3-4H2,1-2H3. The average molecular weight is 362 g/mol. The molecule has 0 atom stereocenters. The quantitative estimate of drug-likeness (QED) is 0.644. The monoisotopic (exact) mass is 362 g/mol. The van der Waals surface area contributed by atoms with Crippen LogP contribution in [0.5, 0.6) is 0 Å². The highest BCUT2D eigenvalue weighted by Gasteiger charge is 2.33. The summed E-state index contributed by atoms with van der Waals surface area (Å²) in [5.41, 5.74) is 0.199. The Kier molecular flexibility index (Phi) is 3.61.